The molecule has 0 aliphatic carbocycles. The zero-order chi connectivity index (χ0) is 28.2. The van der Waals surface area contributed by atoms with Gasteiger partial charge in [-0.25, -0.2) is 4.98 Å². The van der Waals surface area contributed by atoms with E-state index in [9.17, 15) is 14.1 Å². The third-order valence-corrected chi connectivity index (χ3v) is 9.67. The number of aromatic nitrogens is 1. The van der Waals surface area contributed by atoms with Crippen LogP contribution in [0.15, 0.2) is 33.9 Å². The van der Waals surface area contributed by atoms with Gasteiger partial charge >= 0.3 is 0 Å². The van der Waals surface area contributed by atoms with E-state index >= 15 is 0 Å². The van der Waals surface area contributed by atoms with Crippen molar-refractivity contribution in [3.05, 3.63) is 29.6 Å². The Morgan fingerprint density at radius 1 is 1.18 bits per heavy atom. The van der Waals surface area contributed by atoms with Gasteiger partial charge in [-0.05, 0) is 74.8 Å². The zero-order valence-corrected chi connectivity index (χ0v) is 24.9. The maximum atomic E-state index is 13.2. The molecule has 3 aromatic rings. The summed E-state index contributed by atoms with van der Waals surface area (Å²) >= 11 is 4.30. The lowest BCUT2D eigenvalue weighted by atomic mass is 9.96. The van der Waals surface area contributed by atoms with Gasteiger partial charge in [0.1, 0.15) is 0 Å². The third kappa shape index (κ3) is 9.30. The second kappa shape index (κ2) is 16.1. The Kier molecular flexibility index (Phi) is 12.3. The van der Waals surface area contributed by atoms with Crippen LogP contribution in [-0.4, -0.2) is 54.4 Å². The number of carbonyl (C=O) groups is 2. The van der Waals surface area contributed by atoms with Crippen molar-refractivity contribution in [2.24, 2.45) is 11.7 Å². The Balaban J connectivity index is 1.17. The van der Waals surface area contributed by atoms with Crippen LogP contribution in [0, 0.1) is 5.92 Å². The summed E-state index contributed by atoms with van der Waals surface area (Å²) in [6.45, 7) is 3.77. The molecule has 0 spiro atoms. The van der Waals surface area contributed by atoms with Crippen LogP contribution in [0.5, 0.6) is 5.75 Å². The van der Waals surface area contributed by atoms with Crippen molar-refractivity contribution < 1.29 is 19.1 Å². The monoisotopic (exact) mass is 608 g/mol. The van der Waals surface area contributed by atoms with Gasteiger partial charge in [-0.1, -0.05) is 36.7 Å². The maximum Gasteiger partial charge on any atom is 0.229 e. The molecule has 0 bridgehead atoms. The minimum Gasteiger partial charge on any atom is -0.355 e. The van der Waals surface area contributed by atoms with Crippen LogP contribution in [0.1, 0.15) is 51.4 Å². The molecule has 1 aliphatic heterocycles. The Bertz CT molecular complexity index is 1220. The number of nitrogens with zero attached hydrogens (tertiary/aromatic N) is 2. The maximum absolute atomic E-state index is 13.2. The van der Waals surface area contributed by atoms with Crippen molar-refractivity contribution in [2.45, 2.75) is 55.6 Å². The first kappa shape index (κ1) is 30.5. The summed E-state index contributed by atoms with van der Waals surface area (Å²) < 4.78 is 18.2. The Hall–Kier alpha value is -2.45. The number of nitrogens with one attached hydrogen (secondary N) is 3. The highest BCUT2D eigenvalue weighted by Crippen LogP contribution is 2.38. The van der Waals surface area contributed by atoms with Crippen molar-refractivity contribution in [1.29, 1.82) is 0 Å². The van der Waals surface area contributed by atoms with Crippen molar-refractivity contribution in [2.75, 3.05) is 42.8 Å². The third-order valence-electron chi connectivity index (χ3n) is 6.88. The number of amides is 2. The molecular weight excluding hydrogens is 572 g/mol. The standard InChI is InChI=1S/C27H37FN6O3S3/c28-37-22-17-21-23(18-20(22)33-40-25-8-6-16-38-25)39-27(31-21)32-26(36)19-9-13-34(14-10-19)15-12-30-24(35)7-4-2-1-3-5-11-29/h6,8,16-19,33H,1-5,7,9-15,29H2,(H,30,35)(H,31,32,36). The van der Waals surface area contributed by atoms with Gasteiger partial charge in [0.05, 0.1) is 20.1 Å². The second-order valence-corrected chi connectivity index (χ2v) is 12.9. The number of nitrogens with two attached hydrogens (primary N) is 1. The van der Waals surface area contributed by atoms with Gasteiger partial charge in [-0.2, -0.15) is 0 Å². The molecule has 3 heterocycles. The van der Waals surface area contributed by atoms with Crippen LogP contribution >= 0.6 is 34.6 Å². The van der Waals surface area contributed by atoms with Gasteiger partial charge in [-0.15, -0.1) is 11.3 Å². The second-order valence-electron chi connectivity index (χ2n) is 9.81. The zero-order valence-electron chi connectivity index (χ0n) is 22.5. The van der Waals surface area contributed by atoms with Crippen molar-refractivity contribution >= 4 is 67.5 Å². The molecule has 2 aromatic heterocycles. The van der Waals surface area contributed by atoms with E-state index < -0.39 is 0 Å². The van der Waals surface area contributed by atoms with Gasteiger partial charge in [0.2, 0.25) is 11.8 Å². The number of likely N-dealkylation sites (tertiary alicyclic amines) is 1. The van der Waals surface area contributed by atoms with E-state index in [1.807, 2.05) is 17.5 Å². The van der Waals surface area contributed by atoms with Crippen molar-refractivity contribution in [1.82, 2.24) is 15.2 Å². The number of fused-ring (bicyclic) bond motifs is 1. The van der Waals surface area contributed by atoms with Crippen LogP contribution in [0.2, 0.25) is 0 Å². The highest BCUT2D eigenvalue weighted by molar-refractivity contribution is 8.02. The first-order chi connectivity index (χ1) is 19.6. The largest absolute Gasteiger partial charge is 0.355 e. The van der Waals surface area contributed by atoms with Gasteiger partial charge in [-0.3, -0.25) is 14.5 Å². The summed E-state index contributed by atoms with van der Waals surface area (Å²) in [6.07, 6.45) is 7.39. The topological polar surface area (TPSA) is 122 Å². The summed E-state index contributed by atoms with van der Waals surface area (Å²) in [5, 5.41) is 8.42. The average molecular weight is 609 g/mol. The number of carbonyl (C=O) groups excluding carboxylic acids is 2. The van der Waals surface area contributed by atoms with E-state index in [-0.39, 0.29) is 23.5 Å². The fraction of sp³-hybridized carbons (Fsp3) is 0.519. The van der Waals surface area contributed by atoms with Crippen LogP contribution in [0.3, 0.4) is 0 Å². The smallest absolute Gasteiger partial charge is 0.229 e. The summed E-state index contributed by atoms with van der Waals surface area (Å²) in [6, 6.07) is 7.22. The number of benzene rings is 1. The lowest BCUT2D eigenvalue weighted by Gasteiger charge is -2.31. The van der Waals surface area contributed by atoms with E-state index in [0.29, 0.717) is 29.3 Å². The molecular formula is C27H37FN6O3S3. The first-order valence-electron chi connectivity index (χ1n) is 13.7. The van der Waals surface area contributed by atoms with Gasteiger partial charge in [0.25, 0.3) is 0 Å². The lowest BCUT2D eigenvalue weighted by Crippen LogP contribution is -2.41. The summed E-state index contributed by atoms with van der Waals surface area (Å²) in [5.74, 6) is 0.00762. The molecule has 2 amide bonds. The van der Waals surface area contributed by atoms with E-state index in [2.05, 4.69) is 30.2 Å². The number of anilines is 2. The lowest BCUT2D eigenvalue weighted by molar-refractivity contribution is -0.121. The molecule has 5 N–H and O–H groups in total. The summed E-state index contributed by atoms with van der Waals surface area (Å²) in [5.41, 5.74) is 6.56. The highest BCUT2D eigenvalue weighted by atomic mass is 32.2. The molecule has 4 rings (SSSR count). The van der Waals surface area contributed by atoms with E-state index in [1.54, 1.807) is 17.4 Å². The quantitative estimate of drug-likeness (QED) is 0.119. The molecule has 1 aliphatic rings. The van der Waals surface area contributed by atoms with E-state index in [1.165, 1.54) is 29.4 Å². The molecule has 40 heavy (non-hydrogen) atoms. The highest BCUT2D eigenvalue weighted by Gasteiger charge is 2.26. The molecule has 1 fully saturated rings. The predicted molar refractivity (Wildman–Crippen MR) is 163 cm³/mol. The first-order valence-corrected chi connectivity index (χ1v) is 16.3. The number of hydrogen-bond acceptors (Lipinski definition) is 10. The van der Waals surface area contributed by atoms with Crippen LogP contribution in [-0.2, 0) is 9.59 Å². The number of hydrogen-bond donors (Lipinski definition) is 4. The molecule has 0 unspecified atom stereocenters. The molecule has 13 heteroatoms. The number of rotatable bonds is 16. The Morgan fingerprint density at radius 2 is 1.98 bits per heavy atom. The average Bonchev–Trinajstić information content (AvgIpc) is 3.62. The molecule has 1 aromatic carbocycles. The van der Waals surface area contributed by atoms with Gasteiger partial charge in [0.15, 0.2) is 10.9 Å². The number of thiophene rings is 1. The van der Waals surface area contributed by atoms with Gasteiger partial charge in [0, 0.05) is 36.0 Å². The summed E-state index contributed by atoms with van der Waals surface area (Å²) in [7, 11) is 0. The normalized spacial score (nSPS) is 14.3. The minimum absolute atomic E-state index is 0.0432. The van der Waals surface area contributed by atoms with E-state index in [4.69, 9.17) is 5.73 Å². The number of thiazole rings is 1. The minimum atomic E-state index is -0.0960. The molecule has 0 atom stereocenters. The molecule has 0 radical (unpaired) electrons. The molecule has 9 nitrogen and oxygen atoms in total. The van der Waals surface area contributed by atoms with Crippen LogP contribution in [0.25, 0.3) is 10.2 Å². The number of piperidine rings is 1. The van der Waals surface area contributed by atoms with Gasteiger partial charge < -0.3 is 26.0 Å². The predicted octanol–water partition coefficient (Wildman–Crippen LogP) is 5.81. The number of unbranched alkanes of at least 4 members (excludes halogenated alkanes) is 4. The van der Waals surface area contributed by atoms with Crippen molar-refractivity contribution in [3.63, 3.8) is 0 Å². The molecule has 218 valence electrons. The van der Waals surface area contributed by atoms with Crippen molar-refractivity contribution in [3.8, 4) is 5.75 Å². The fourth-order valence-electron chi connectivity index (χ4n) is 4.61. The van der Waals surface area contributed by atoms with Crippen LogP contribution in [0.4, 0.5) is 15.3 Å². The Labute approximate surface area is 246 Å². The van der Waals surface area contributed by atoms with E-state index in [0.717, 1.165) is 80.0 Å². The van der Waals surface area contributed by atoms with Crippen LogP contribution < -0.4 is 26.0 Å². The molecule has 1 saturated heterocycles. The summed E-state index contributed by atoms with van der Waals surface area (Å²) in [4.78, 5) is 35.8. The number of halogens is 1. The SMILES string of the molecule is NCCCCCCCC(=O)NCCN1CCC(C(=O)Nc2nc3cc(OF)c(NSc4cccs4)cc3s2)CC1. The molecule has 0 saturated carbocycles. The fourth-order valence-corrected chi connectivity index (χ4v) is 6.95. The Morgan fingerprint density at radius 3 is 2.73 bits per heavy atom.